The maximum atomic E-state index is 4.29. The largest absolute Gasteiger partial charge is 0.384 e. The Morgan fingerprint density at radius 3 is 2.82 bits per heavy atom. The molecule has 0 bridgehead atoms. The molecular formula is C12H13Br2N3. The van der Waals surface area contributed by atoms with Crippen LogP contribution in [0.4, 0.5) is 5.69 Å². The molecule has 0 unspecified atom stereocenters. The van der Waals surface area contributed by atoms with Gasteiger partial charge in [0.25, 0.3) is 0 Å². The van der Waals surface area contributed by atoms with Crippen molar-refractivity contribution in [2.75, 3.05) is 11.9 Å². The van der Waals surface area contributed by atoms with E-state index in [1.165, 1.54) is 0 Å². The minimum absolute atomic E-state index is 0.866. The van der Waals surface area contributed by atoms with Crippen LogP contribution in [0.5, 0.6) is 0 Å². The standard InChI is InChI=1S/C12H13Br2N3/c1-17-7-6-16-12(17)4-5-15-11-3-2-9(13)8-10(11)14/h2-3,6-8,15H,4-5H2,1H3. The zero-order valence-corrected chi connectivity index (χ0v) is 12.6. The number of benzene rings is 1. The molecule has 2 aromatic rings. The molecule has 0 aliphatic rings. The first kappa shape index (κ1) is 12.6. The fourth-order valence-corrected chi connectivity index (χ4v) is 2.77. The smallest absolute Gasteiger partial charge is 0.110 e. The van der Waals surface area contributed by atoms with Gasteiger partial charge in [-0.25, -0.2) is 4.98 Å². The summed E-state index contributed by atoms with van der Waals surface area (Å²) in [5.74, 6) is 1.09. The molecule has 0 aliphatic heterocycles. The Bertz CT molecular complexity index is 508. The zero-order valence-electron chi connectivity index (χ0n) is 9.45. The Morgan fingerprint density at radius 2 is 2.18 bits per heavy atom. The number of aryl methyl sites for hydroxylation is 1. The Morgan fingerprint density at radius 1 is 1.35 bits per heavy atom. The fourth-order valence-electron chi connectivity index (χ4n) is 1.58. The van der Waals surface area contributed by atoms with Crippen molar-refractivity contribution in [2.24, 2.45) is 7.05 Å². The maximum Gasteiger partial charge on any atom is 0.110 e. The number of anilines is 1. The average molecular weight is 359 g/mol. The molecule has 3 nitrogen and oxygen atoms in total. The predicted octanol–water partition coefficient (Wildman–Crippen LogP) is 3.60. The van der Waals surface area contributed by atoms with Crippen LogP contribution >= 0.6 is 31.9 Å². The van der Waals surface area contributed by atoms with E-state index < -0.39 is 0 Å². The Kier molecular flexibility index (Phi) is 4.23. The number of hydrogen-bond donors (Lipinski definition) is 1. The summed E-state index contributed by atoms with van der Waals surface area (Å²) in [6.07, 6.45) is 4.70. The second-order valence-corrected chi connectivity index (χ2v) is 5.53. The third kappa shape index (κ3) is 3.33. The highest BCUT2D eigenvalue weighted by atomic mass is 79.9. The lowest BCUT2D eigenvalue weighted by Crippen LogP contribution is -2.08. The van der Waals surface area contributed by atoms with Crippen molar-refractivity contribution < 1.29 is 0 Å². The number of hydrogen-bond acceptors (Lipinski definition) is 2. The molecule has 5 heteroatoms. The molecule has 0 atom stereocenters. The van der Waals surface area contributed by atoms with Crippen molar-refractivity contribution in [1.29, 1.82) is 0 Å². The summed E-state index contributed by atoms with van der Waals surface area (Å²) >= 11 is 6.96. The molecule has 17 heavy (non-hydrogen) atoms. The molecule has 1 N–H and O–H groups in total. The number of nitrogens with zero attached hydrogens (tertiary/aromatic N) is 2. The number of imidazole rings is 1. The third-order valence-corrected chi connectivity index (χ3v) is 3.67. The number of nitrogens with one attached hydrogen (secondary N) is 1. The minimum Gasteiger partial charge on any atom is -0.384 e. The van der Waals surface area contributed by atoms with Crippen molar-refractivity contribution in [3.05, 3.63) is 45.4 Å². The van der Waals surface area contributed by atoms with E-state index in [1.807, 2.05) is 42.2 Å². The highest BCUT2D eigenvalue weighted by Gasteiger charge is 2.01. The summed E-state index contributed by atoms with van der Waals surface area (Å²) in [5, 5.41) is 3.38. The lowest BCUT2D eigenvalue weighted by Gasteiger charge is -2.08. The number of halogens is 2. The van der Waals surface area contributed by atoms with Gasteiger partial charge in [0.15, 0.2) is 0 Å². The average Bonchev–Trinajstić information content (AvgIpc) is 2.68. The van der Waals surface area contributed by atoms with Crippen LogP contribution < -0.4 is 5.32 Å². The fraction of sp³-hybridized carbons (Fsp3) is 0.250. The zero-order chi connectivity index (χ0) is 12.3. The van der Waals surface area contributed by atoms with Crippen molar-refractivity contribution in [2.45, 2.75) is 6.42 Å². The van der Waals surface area contributed by atoms with E-state index in [9.17, 15) is 0 Å². The minimum atomic E-state index is 0.866. The highest BCUT2D eigenvalue weighted by Crippen LogP contribution is 2.25. The SMILES string of the molecule is Cn1ccnc1CCNc1ccc(Br)cc1Br. The molecule has 0 aliphatic carbocycles. The monoisotopic (exact) mass is 357 g/mol. The van der Waals surface area contributed by atoms with Crippen molar-refractivity contribution >= 4 is 37.5 Å². The molecule has 0 fully saturated rings. The first-order valence-electron chi connectivity index (χ1n) is 5.32. The highest BCUT2D eigenvalue weighted by molar-refractivity contribution is 9.11. The van der Waals surface area contributed by atoms with Gasteiger partial charge in [0.1, 0.15) is 5.82 Å². The van der Waals surface area contributed by atoms with Gasteiger partial charge in [-0.3, -0.25) is 0 Å². The number of aromatic nitrogens is 2. The normalized spacial score (nSPS) is 10.5. The maximum absolute atomic E-state index is 4.29. The van der Waals surface area contributed by atoms with Gasteiger partial charge >= 0.3 is 0 Å². The van der Waals surface area contributed by atoms with Crippen LogP contribution in [0.15, 0.2) is 39.5 Å². The lowest BCUT2D eigenvalue weighted by atomic mass is 10.3. The van der Waals surface area contributed by atoms with Crippen molar-refractivity contribution in [3.8, 4) is 0 Å². The van der Waals surface area contributed by atoms with Gasteiger partial charge in [-0.1, -0.05) is 15.9 Å². The van der Waals surface area contributed by atoms with E-state index in [2.05, 4.69) is 42.2 Å². The van der Waals surface area contributed by atoms with Gasteiger partial charge in [-0.2, -0.15) is 0 Å². The molecule has 0 spiro atoms. The van der Waals surface area contributed by atoms with E-state index in [-0.39, 0.29) is 0 Å². The van der Waals surface area contributed by atoms with E-state index in [1.54, 1.807) is 0 Å². The summed E-state index contributed by atoms with van der Waals surface area (Å²) < 4.78 is 4.17. The van der Waals surface area contributed by atoms with Crippen LogP contribution in [0.3, 0.4) is 0 Å². The second kappa shape index (κ2) is 5.69. The Balaban J connectivity index is 1.92. The van der Waals surface area contributed by atoms with Crippen LogP contribution in [-0.4, -0.2) is 16.1 Å². The molecule has 0 amide bonds. The van der Waals surface area contributed by atoms with Crippen molar-refractivity contribution in [3.63, 3.8) is 0 Å². The Hall–Kier alpha value is -0.810. The third-order valence-electron chi connectivity index (χ3n) is 2.52. The second-order valence-electron chi connectivity index (χ2n) is 3.76. The molecule has 0 saturated carbocycles. The summed E-state index contributed by atoms with van der Waals surface area (Å²) in [5.41, 5.74) is 1.10. The molecule has 1 heterocycles. The van der Waals surface area contributed by atoms with Gasteiger partial charge in [0, 0.05) is 47.0 Å². The topological polar surface area (TPSA) is 29.9 Å². The first-order chi connectivity index (χ1) is 8.16. The first-order valence-corrected chi connectivity index (χ1v) is 6.90. The van der Waals surface area contributed by atoms with E-state index >= 15 is 0 Å². The van der Waals surface area contributed by atoms with Crippen LogP contribution in [0, 0.1) is 0 Å². The quantitative estimate of drug-likeness (QED) is 0.904. The van der Waals surface area contributed by atoms with E-state index in [0.29, 0.717) is 0 Å². The van der Waals surface area contributed by atoms with E-state index in [4.69, 9.17) is 0 Å². The summed E-state index contributed by atoms with van der Waals surface area (Å²) in [6.45, 7) is 0.866. The predicted molar refractivity (Wildman–Crippen MR) is 77.2 cm³/mol. The van der Waals surface area contributed by atoms with Crippen LogP contribution in [0.25, 0.3) is 0 Å². The lowest BCUT2D eigenvalue weighted by molar-refractivity contribution is 0.789. The number of rotatable bonds is 4. The van der Waals surface area contributed by atoms with Gasteiger partial charge in [0.05, 0.1) is 0 Å². The van der Waals surface area contributed by atoms with Crippen LogP contribution in [0.2, 0.25) is 0 Å². The molecule has 0 saturated heterocycles. The molecular weight excluding hydrogens is 346 g/mol. The summed E-state index contributed by atoms with van der Waals surface area (Å²) in [4.78, 5) is 4.29. The summed E-state index contributed by atoms with van der Waals surface area (Å²) in [7, 11) is 2.01. The van der Waals surface area contributed by atoms with E-state index in [0.717, 1.165) is 33.4 Å². The summed E-state index contributed by atoms with van der Waals surface area (Å²) in [6, 6.07) is 6.10. The molecule has 1 aromatic carbocycles. The molecule has 90 valence electrons. The van der Waals surface area contributed by atoms with Crippen LogP contribution in [-0.2, 0) is 13.5 Å². The molecule has 0 radical (unpaired) electrons. The van der Waals surface area contributed by atoms with Crippen LogP contribution in [0.1, 0.15) is 5.82 Å². The van der Waals surface area contributed by atoms with Gasteiger partial charge in [-0.15, -0.1) is 0 Å². The van der Waals surface area contributed by atoms with Gasteiger partial charge in [0.2, 0.25) is 0 Å². The Labute approximate surface area is 118 Å². The van der Waals surface area contributed by atoms with Gasteiger partial charge in [-0.05, 0) is 34.1 Å². The van der Waals surface area contributed by atoms with Crippen molar-refractivity contribution in [1.82, 2.24) is 9.55 Å². The molecule has 2 rings (SSSR count). The molecule has 1 aromatic heterocycles. The van der Waals surface area contributed by atoms with Gasteiger partial charge < -0.3 is 9.88 Å².